The van der Waals surface area contributed by atoms with E-state index >= 15 is 0 Å². The number of hydrazine groups is 1. The van der Waals surface area contributed by atoms with Gasteiger partial charge in [0.1, 0.15) is 5.75 Å². The zero-order valence-corrected chi connectivity index (χ0v) is 12.6. The Hall–Kier alpha value is -1.98. The Morgan fingerprint density at radius 3 is 2.43 bits per heavy atom. The first-order valence-electron chi connectivity index (χ1n) is 6.57. The SMILES string of the molecule is COc1ccc(SCC(C(=O)NN)c2ccccc2)cc1. The van der Waals surface area contributed by atoms with Crippen molar-refractivity contribution in [2.75, 3.05) is 12.9 Å². The van der Waals surface area contributed by atoms with Crippen LogP contribution in [0.4, 0.5) is 0 Å². The number of benzene rings is 2. The Kier molecular flexibility index (Phi) is 5.66. The fourth-order valence-corrected chi connectivity index (χ4v) is 2.99. The van der Waals surface area contributed by atoms with Crippen molar-refractivity contribution in [3.8, 4) is 5.75 Å². The molecule has 0 fully saturated rings. The summed E-state index contributed by atoms with van der Waals surface area (Å²) in [4.78, 5) is 13.0. The van der Waals surface area contributed by atoms with Crippen LogP contribution in [-0.2, 0) is 4.79 Å². The topological polar surface area (TPSA) is 64.3 Å². The summed E-state index contributed by atoms with van der Waals surface area (Å²) in [5, 5.41) is 0. The highest BCUT2D eigenvalue weighted by Crippen LogP contribution is 2.27. The largest absolute Gasteiger partial charge is 0.497 e. The molecule has 1 amide bonds. The number of hydrogen-bond donors (Lipinski definition) is 2. The van der Waals surface area contributed by atoms with Crippen LogP contribution in [0.1, 0.15) is 11.5 Å². The fourth-order valence-electron chi connectivity index (χ4n) is 1.96. The van der Waals surface area contributed by atoms with E-state index in [1.807, 2.05) is 54.6 Å². The third kappa shape index (κ3) is 4.24. The summed E-state index contributed by atoms with van der Waals surface area (Å²) in [7, 11) is 1.64. The highest BCUT2D eigenvalue weighted by atomic mass is 32.2. The molecule has 0 radical (unpaired) electrons. The number of thioether (sulfide) groups is 1. The van der Waals surface area contributed by atoms with Gasteiger partial charge in [0.05, 0.1) is 13.0 Å². The first kappa shape index (κ1) is 15.4. The van der Waals surface area contributed by atoms with Crippen LogP contribution < -0.4 is 16.0 Å². The summed E-state index contributed by atoms with van der Waals surface area (Å²) in [6.45, 7) is 0. The number of methoxy groups -OCH3 is 1. The Morgan fingerprint density at radius 2 is 1.86 bits per heavy atom. The maximum atomic E-state index is 12.0. The van der Waals surface area contributed by atoms with Crippen molar-refractivity contribution < 1.29 is 9.53 Å². The van der Waals surface area contributed by atoms with Gasteiger partial charge in [-0.3, -0.25) is 10.2 Å². The first-order valence-corrected chi connectivity index (χ1v) is 7.55. The van der Waals surface area contributed by atoms with Crippen molar-refractivity contribution in [1.29, 1.82) is 0 Å². The van der Waals surface area contributed by atoms with Gasteiger partial charge in [-0.25, -0.2) is 5.84 Å². The molecule has 5 heteroatoms. The predicted octanol–water partition coefficient (Wildman–Crippen LogP) is 2.56. The van der Waals surface area contributed by atoms with Crippen molar-refractivity contribution in [2.24, 2.45) is 5.84 Å². The van der Waals surface area contributed by atoms with Crippen LogP contribution in [-0.4, -0.2) is 18.8 Å². The van der Waals surface area contributed by atoms with Crippen molar-refractivity contribution >= 4 is 17.7 Å². The van der Waals surface area contributed by atoms with E-state index in [9.17, 15) is 4.79 Å². The van der Waals surface area contributed by atoms with E-state index < -0.39 is 0 Å². The summed E-state index contributed by atoms with van der Waals surface area (Å²) >= 11 is 1.61. The van der Waals surface area contributed by atoms with E-state index in [1.54, 1.807) is 18.9 Å². The molecule has 3 N–H and O–H groups in total. The molecule has 0 aliphatic heterocycles. The van der Waals surface area contributed by atoms with Gasteiger partial charge in [0, 0.05) is 10.6 Å². The lowest BCUT2D eigenvalue weighted by Gasteiger charge is -2.15. The molecule has 0 bridgehead atoms. The number of nitrogens with two attached hydrogens (primary N) is 1. The van der Waals surface area contributed by atoms with Crippen LogP contribution in [0.5, 0.6) is 5.75 Å². The summed E-state index contributed by atoms with van der Waals surface area (Å²) in [5.74, 6) is 6.28. The summed E-state index contributed by atoms with van der Waals surface area (Å²) in [5.41, 5.74) is 3.21. The standard InChI is InChI=1S/C16H18N2O2S/c1-20-13-7-9-14(10-8-13)21-11-15(16(19)18-17)12-5-3-2-4-6-12/h2-10,15H,11,17H2,1H3,(H,18,19). The van der Waals surface area contributed by atoms with E-state index in [4.69, 9.17) is 10.6 Å². The normalized spacial score (nSPS) is 11.7. The van der Waals surface area contributed by atoms with Crippen molar-refractivity contribution in [2.45, 2.75) is 10.8 Å². The van der Waals surface area contributed by atoms with Crippen molar-refractivity contribution in [3.05, 3.63) is 60.2 Å². The van der Waals surface area contributed by atoms with E-state index in [0.29, 0.717) is 5.75 Å². The Bertz CT molecular complexity index is 573. The van der Waals surface area contributed by atoms with Gasteiger partial charge < -0.3 is 4.74 Å². The summed E-state index contributed by atoms with van der Waals surface area (Å²) in [6, 6.07) is 17.4. The number of nitrogens with one attached hydrogen (secondary N) is 1. The zero-order chi connectivity index (χ0) is 15.1. The molecule has 0 aromatic heterocycles. The molecule has 21 heavy (non-hydrogen) atoms. The Balaban J connectivity index is 2.07. The molecular weight excluding hydrogens is 284 g/mol. The van der Waals surface area contributed by atoms with Crippen LogP contribution in [0.25, 0.3) is 0 Å². The minimum atomic E-state index is -0.275. The fraction of sp³-hybridized carbons (Fsp3) is 0.188. The summed E-state index contributed by atoms with van der Waals surface area (Å²) < 4.78 is 5.13. The van der Waals surface area contributed by atoms with E-state index in [2.05, 4.69) is 5.43 Å². The molecule has 0 saturated carbocycles. The molecule has 110 valence electrons. The molecule has 2 rings (SSSR count). The lowest BCUT2D eigenvalue weighted by atomic mass is 10.0. The van der Waals surface area contributed by atoms with Crippen LogP contribution in [0.3, 0.4) is 0 Å². The number of carbonyl (C=O) groups is 1. The van der Waals surface area contributed by atoms with Gasteiger partial charge in [0.25, 0.3) is 0 Å². The van der Waals surface area contributed by atoms with Gasteiger partial charge in [0.15, 0.2) is 0 Å². The number of hydrogen-bond acceptors (Lipinski definition) is 4. The van der Waals surface area contributed by atoms with Crippen LogP contribution in [0, 0.1) is 0 Å². The van der Waals surface area contributed by atoms with E-state index in [-0.39, 0.29) is 11.8 Å². The van der Waals surface area contributed by atoms with Crippen LogP contribution >= 0.6 is 11.8 Å². The Labute approximate surface area is 128 Å². The van der Waals surface area contributed by atoms with Gasteiger partial charge in [-0.1, -0.05) is 30.3 Å². The average molecular weight is 302 g/mol. The first-order chi connectivity index (χ1) is 10.2. The quantitative estimate of drug-likeness (QED) is 0.372. The molecule has 0 aliphatic rings. The molecule has 2 aromatic carbocycles. The van der Waals surface area contributed by atoms with Gasteiger partial charge in [-0.2, -0.15) is 0 Å². The smallest absolute Gasteiger partial charge is 0.242 e. The van der Waals surface area contributed by atoms with Gasteiger partial charge in [-0.05, 0) is 29.8 Å². The van der Waals surface area contributed by atoms with Gasteiger partial charge in [-0.15, -0.1) is 11.8 Å². The second kappa shape index (κ2) is 7.71. The monoisotopic (exact) mass is 302 g/mol. The highest BCUT2D eigenvalue weighted by molar-refractivity contribution is 7.99. The predicted molar refractivity (Wildman–Crippen MR) is 85.2 cm³/mol. The molecule has 1 atom stereocenters. The molecule has 0 spiro atoms. The molecule has 4 nitrogen and oxygen atoms in total. The maximum absolute atomic E-state index is 12.0. The molecular formula is C16H18N2O2S. The average Bonchev–Trinajstić information content (AvgIpc) is 2.56. The molecule has 2 aromatic rings. The lowest BCUT2D eigenvalue weighted by molar-refractivity contribution is -0.122. The van der Waals surface area contributed by atoms with Crippen LogP contribution in [0.2, 0.25) is 0 Å². The minimum Gasteiger partial charge on any atom is -0.497 e. The maximum Gasteiger partial charge on any atom is 0.242 e. The Morgan fingerprint density at radius 1 is 1.19 bits per heavy atom. The molecule has 0 aliphatic carbocycles. The minimum absolute atomic E-state index is 0.179. The lowest BCUT2D eigenvalue weighted by Crippen LogP contribution is -2.35. The molecule has 1 unspecified atom stereocenters. The van der Waals surface area contributed by atoms with E-state index in [0.717, 1.165) is 16.2 Å². The number of amides is 1. The van der Waals surface area contributed by atoms with Gasteiger partial charge in [0.2, 0.25) is 5.91 Å². The molecule has 0 heterocycles. The summed E-state index contributed by atoms with van der Waals surface area (Å²) in [6.07, 6.45) is 0. The van der Waals surface area contributed by atoms with Crippen molar-refractivity contribution in [1.82, 2.24) is 5.43 Å². The van der Waals surface area contributed by atoms with Crippen LogP contribution in [0.15, 0.2) is 59.5 Å². The van der Waals surface area contributed by atoms with Crippen molar-refractivity contribution in [3.63, 3.8) is 0 Å². The second-order valence-electron chi connectivity index (χ2n) is 4.46. The number of rotatable bonds is 6. The third-order valence-corrected chi connectivity index (χ3v) is 4.24. The van der Waals surface area contributed by atoms with E-state index in [1.165, 1.54) is 0 Å². The second-order valence-corrected chi connectivity index (χ2v) is 5.55. The molecule has 0 saturated heterocycles. The number of ether oxygens (including phenoxy) is 1. The van der Waals surface area contributed by atoms with Gasteiger partial charge >= 0.3 is 0 Å². The third-order valence-electron chi connectivity index (χ3n) is 3.14. The highest BCUT2D eigenvalue weighted by Gasteiger charge is 2.19. The zero-order valence-electron chi connectivity index (χ0n) is 11.8. The number of carbonyl (C=O) groups excluding carboxylic acids is 1.